The molecule has 0 bridgehead atoms. The zero-order valence-corrected chi connectivity index (χ0v) is 10.6. The Hall–Kier alpha value is -0.690. The predicted molar refractivity (Wildman–Crippen MR) is 62.8 cm³/mol. The summed E-state index contributed by atoms with van der Waals surface area (Å²) in [5.41, 5.74) is -0.220. The van der Waals surface area contributed by atoms with Gasteiger partial charge < -0.3 is 24.8 Å². The normalized spacial score (nSPS) is 17.6. The minimum atomic E-state index is -0.220. The number of rotatable bonds is 8. The minimum absolute atomic E-state index is 0.0473. The average Bonchev–Trinajstić information content (AvgIpc) is 2.29. The zero-order valence-electron chi connectivity index (χ0n) is 10.6. The van der Waals surface area contributed by atoms with E-state index in [2.05, 4.69) is 5.32 Å². The van der Waals surface area contributed by atoms with Gasteiger partial charge in [0.1, 0.15) is 6.61 Å². The smallest absolute Gasteiger partial charge is 0.248 e. The van der Waals surface area contributed by atoms with Crippen molar-refractivity contribution in [1.82, 2.24) is 10.2 Å². The number of aliphatic hydroxyl groups excluding tert-OH is 1. The van der Waals surface area contributed by atoms with Crippen LogP contribution in [-0.2, 0) is 14.3 Å². The molecule has 1 fully saturated rings. The summed E-state index contributed by atoms with van der Waals surface area (Å²) in [5.74, 6) is -0.107. The number of hydrogen-bond acceptors (Lipinski definition) is 5. The van der Waals surface area contributed by atoms with Gasteiger partial charge in [0, 0.05) is 33.3 Å². The Balaban J connectivity index is 2.30. The van der Waals surface area contributed by atoms with Crippen LogP contribution in [0, 0.1) is 0 Å². The monoisotopic (exact) mass is 246 g/mol. The Kier molecular flexibility index (Phi) is 5.84. The van der Waals surface area contributed by atoms with Gasteiger partial charge in [-0.2, -0.15) is 0 Å². The van der Waals surface area contributed by atoms with Crippen LogP contribution in [0.25, 0.3) is 0 Å². The van der Waals surface area contributed by atoms with Gasteiger partial charge in [-0.25, -0.2) is 0 Å². The lowest BCUT2D eigenvalue weighted by molar-refractivity contribution is -0.147. The van der Waals surface area contributed by atoms with Crippen LogP contribution in [0.3, 0.4) is 0 Å². The highest BCUT2D eigenvalue weighted by Gasteiger charge is 2.33. The van der Waals surface area contributed by atoms with Gasteiger partial charge in [0.2, 0.25) is 5.91 Å². The number of nitrogens with one attached hydrogen (secondary N) is 1. The largest absolute Gasteiger partial charge is 0.395 e. The van der Waals surface area contributed by atoms with Crippen molar-refractivity contribution in [3.63, 3.8) is 0 Å². The first-order chi connectivity index (χ1) is 8.11. The molecule has 0 atom stereocenters. The van der Waals surface area contributed by atoms with Crippen molar-refractivity contribution in [3.05, 3.63) is 0 Å². The molecule has 100 valence electrons. The molecule has 0 aromatic heterocycles. The summed E-state index contributed by atoms with van der Waals surface area (Å²) < 4.78 is 10.5. The number of carbonyl (C=O) groups is 1. The fourth-order valence-corrected chi connectivity index (χ4v) is 1.59. The Bertz CT molecular complexity index is 244. The molecule has 1 aliphatic heterocycles. The zero-order chi connectivity index (χ0) is 12.7. The van der Waals surface area contributed by atoms with E-state index in [1.165, 1.54) is 0 Å². The van der Waals surface area contributed by atoms with Crippen LogP contribution in [0.4, 0.5) is 0 Å². The third kappa shape index (κ3) is 4.59. The second kappa shape index (κ2) is 6.90. The first-order valence-corrected chi connectivity index (χ1v) is 5.83. The summed E-state index contributed by atoms with van der Waals surface area (Å²) in [5, 5.41) is 12.0. The molecule has 0 aromatic carbocycles. The van der Waals surface area contributed by atoms with Gasteiger partial charge in [-0.05, 0) is 6.92 Å². The number of aliphatic hydroxyl groups is 1. The van der Waals surface area contributed by atoms with Crippen LogP contribution < -0.4 is 5.32 Å². The van der Waals surface area contributed by atoms with Crippen LogP contribution in [0.15, 0.2) is 0 Å². The third-order valence-electron chi connectivity index (χ3n) is 2.83. The predicted octanol–water partition coefficient (Wildman–Crippen LogP) is -1.17. The molecule has 0 saturated carbocycles. The van der Waals surface area contributed by atoms with E-state index >= 15 is 0 Å². The summed E-state index contributed by atoms with van der Waals surface area (Å²) in [6, 6.07) is 0. The Morgan fingerprint density at radius 3 is 2.65 bits per heavy atom. The number of methoxy groups -OCH3 is 1. The van der Waals surface area contributed by atoms with E-state index in [0.29, 0.717) is 19.7 Å². The van der Waals surface area contributed by atoms with E-state index in [0.717, 1.165) is 13.1 Å². The molecular weight excluding hydrogens is 224 g/mol. The van der Waals surface area contributed by atoms with Crippen molar-refractivity contribution < 1.29 is 19.4 Å². The number of carbonyl (C=O) groups excluding carboxylic acids is 1. The molecule has 1 rings (SSSR count). The standard InChI is InChI=1S/C11H22N2O4/c1-11(8-12-9-11)17-7-10(15)13(3-5-14)4-6-16-2/h12,14H,3-9H2,1-2H3. The van der Waals surface area contributed by atoms with Crippen molar-refractivity contribution >= 4 is 5.91 Å². The highest BCUT2D eigenvalue weighted by Crippen LogP contribution is 2.14. The van der Waals surface area contributed by atoms with Gasteiger partial charge in [-0.3, -0.25) is 4.79 Å². The molecule has 1 saturated heterocycles. The maximum absolute atomic E-state index is 11.8. The molecule has 0 radical (unpaired) electrons. The topological polar surface area (TPSA) is 71.0 Å². The van der Waals surface area contributed by atoms with E-state index in [1.54, 1.807) is 12.0 Å². The Morgan fingerprint density at radius 2 is 2.18 bits per heavy atom. The van der Waals surface area contributed by atoms with E-state index in [1.807, 2.05) is 6.92 Å². The van der Waals surface area contributed by atoms with Gasteiger partial charge in [-0.15, -0.1) is 0 Å². The van der Waals surface area contributed by atoms with Crippen molar-refractivity contribution in [3.8, 4) is 0 Å². The summed E-state index contributed by atoms with van der Waals surface area (Å²) in [7, 11) is 1.58. The van der Waals surface area contributed by atoms with E-state index in [4.69, 9.17) is 14.6 Å². The second-order valence-electron chi connectivity index (χ2n) is 4.44. The lowest BCUT2D eigenvalue weighted by Crippen LogP contribution is -2.59. The van der Waals surface area contributed by atoms with Crippen LogP contribution in [0.2, 0.25) is 0 Å². The van der Waals surface area contributed by atoms with Gasteiger partial charge in [-0.1, -0.05) is 0 Å². The van der Waals surface area contributed by atoms with Crippen molar-refractivity contribution in [2.45, 2.75) is 12.5 Å². The Morgan fingerprint density at radius 1 is 1.47 bits per heavy atom. The lowest BCUT2D eigenvalue weighted by Gasteiger charge is -2.39. The average molecular weight is 246 g/mol. The van der Waals surface area contributed by atoms with Gasteiger partial charge in [0.25, 0.3) is 0 Å². The number of hydrogen-bond donors (Lipinski definition) is 2. The second-order valence-corrected chi connectivity index (χ2v) is 4.44. The van der Waals surface area contributed by atoms with Crippen LogP contribution in [0.1, 0.15) is 6.92 Å². The first kappa shape index (κ1) is 14.4. The molecule has 1 amide bonds. The van der Waals surface area contributed by atoms with Gasteiger partial charge in [0.15, 0.2) is 0 Å². The maximum atomic E-state index is 11.8. The highest BCUT2D eigenvalue weighted by atomic mass is 16.5. The summed E-state index contributed by atoms with van der Waals surface area (Å²) >= 11 is 0. The summed E-state index contributed by atoms with van der Waals surface area (Å²) in [4.78, 5) is 13.4. The van der Waals surface area contributed by atoms with Crippen molar-refractivity contribution in [2.75, 3.05) is 53.1 Å². The highest BCUT2D eigenvalue weighted by molar-refractivity contribution is 5.77. The van der Waals surface area contributed by atoms with E-state index < -0.39 is 0 Å². The molecule has 0 spiro atoms. The molecule has 1 heterocycles. The van der Waals surface area contributed by atoms with Gasteiger partial charge >= 0.3 is 0 Å². The molecule has 17 heavy (non-hydrogen) atoms. The van der Waals surface area contributed by atoms with E-state index in [9.17, 15) is 4.79 Å². The molecule has 1 aliphatic rings. The SMILES string of the molecule is COCCN(CCO)C(=O)COC1(C)CNC1. The number of nitrogens with zero attached hydrogens (tertiary/aromatic N) is 1. The Labute approximate surface area is 102 Å². The summed E-state index contributed by atoms with van der Waals surface area (Å²) in [6.45, 7) is 4.80. The van der Waals surface area contributed by atoms with Crippen LogP contribution >= 0.6 is 0 Å². The molecular formula is C11H22N2O4. The number of ether oxygens (including phenoxy) is 2. The van der Waals surface area contributed by atoms with Crippen molar-refractivity contribution in [1.29, 1.82) is 0 Å². The minimum Gasteiger partial charge on any atom is -0.395 e. The molecule has 6 nitrogen and oxygen atoms in total. The van der Waals surface area contributed by atoms with Crippen LogP contribution in [0.5, 0.6) is 0 Å². The number of amides is 1. The van der Waals surface area contributed by atoms with E-state index in [-0.39, 0.29) is 24.7 Å². The lowest BCUT2D eigenvalue weighted by atomic mass is 10.0. The third-order valence-corrected chi connectivity index (χ3v) is 2.83. The molecule has 6 heteroatoms. The molecule has 0 unspecified atom stereocenters. The molecule has 0 aliphatic carbocycles. The fourth-order valence-electron chi connectivity index (χ4n) is 1.59. The molecule has 0 aromatic rings. The molecule has 2 N–H and O–H groups in total. The first-order valence-electron chi connectivity index (χ1n) is 5.83. The fraction of sp³-hybridized carbons (Fsp3) is 0.909. The van der Waals surface area contributed by atoms with Crippen LogP contribution in [-0.4, -0.2) is 74.6 Å². The quantitative estimate of drug-likeness (QED) is 0.565. The van der Waals surface area contributed by atoms with Gasteiger partial charge in [0.05, 0.1) is 18.8 Å². The van der Waals surface area contributed by atoms with Crippen molar-refractivity contribution in [2.24, 2.45) is 0 Å². The summed E-state index contributed by atoms with van der Waals surface area (Å²) in [6.07, 6.45) is 0. The maximum Gasteiger partial charge on any atom is 0.248 e.